The molecule has 0 aliphatic carbocycles. The Balaban J connectivity index is 1.45. The summed E-state index contributed by atoms with van der Waals surface area (Å²) in [6.45, 7) is 12.0. The van der Waals surface area contributed by atoms with E-state index >= 15 is 0 Å². The van der Waals surface area contributed by atoms with Crippen molar-refractivity contribution in [1.82, 2.24) is 4.90 Å². The van der Waals surface area contributed by atoms with Crippen LogP contribution in [0.15, 0.2) is 60.7 Å². The predicted octanol–water partition coefficient (Wildman–Crippen LogP) is 5.45. The van der Waals surface area contributed by atoms with E-state index in [0.717, 1.165) is 49.5 Å². The van der Waals surface area contributed by atoms with Gasteiger partial charge in [0.2, 0.25) is 11.8 Å². The van der Waals surface area contributed by atoms with E-state index < -0.39 is 0 Å². The van der Waals surface area contributed by atoms with Crippen molar-refractivity contribution in [2.75, 3.05) is 36.4 Å². The highest BCUT2D eigenvalue weighted by atomic mass is 16.2. The average molecular weight is 448 g/mol. The Morgan fingerprint density at radius 1 is 0.970 bits per heavy atom. The molecule has 2 amide bonds. The summed E-state index contributed by atoms with van der Waals surface area (Å²) in [5.74, 6) is 0.522. The molecule has 1 aliphatic rings. The van der Waals surface area contributed by atoms with Gasteiger partial charge in [-0.15, -0.1) is 0 Å². The van der Waals surface area contributed by atoms with Crippen LogP contribution in [0.5, 0.6) is 0 Å². The molecule has 1 N–H and O–H groups in total. The summed E-state index contributed by atoms with van der Waals surface area (Å²) in [6.07, 6.45) is 5.03. The monoisotopic (exact) mass is 447 g/mol. The van der Waals surface area contributed by atoms with Gasteiger partial charge in [0.25, 0.3) is 0 Å². The minimum absolute atomic E-state index is 0.153. The number of rotatable bonds is 7. The van der Waals surface area contributed by atoms with Crippen LogP contribution in [0.4, 0.5) is 11.4 Å². The fourth-order valence-corrected chi connectivity index (χ4v) is 4.43. The van der Waals surface area contributed by atoms with E-state index in [1.54, 1.807) is 12.2 Å². The first kappa shape index (κ1) is 24.6. The largest absolute Gasteiger partial charge is 0.368 e. The maximum atomic E-state index is 12.7. The van der Waals surface area contributed by atoms with E-state index in [-0.39, 0.29) is 17.2 Å². The van der Waals surface area contributed by atoms with E-state index in [4.69, 9.17) is 0 Å². The highest BCUT2D eigenvalue weighted by molar-refractivity contribution is 6.02. The van der Waals surface area contributed by atoms with Gasteiger partial charge in [0, 0.05) is 50.1 Å². The van der Waals surface area contributed by atoms with Gasteiger partial charge in [-0.2, -0.15) is 0 Å². The second kappa shape index (κ2) is 11.2. The molecular formula is C28H37N3O2. The lowest BCUT2D eigenvalue weighted by molar-refractivity contribution is -0.132. The number of carbonyl (C=O) groups is 2. The zero-order valence-corrected chi connectivity index (χ0v) is 20.4. The maximum Gasteiger partial charge on any atom is 0.248 e. The Bertz CT molecular complexity index is 937. The molecule has 1 aliphatic heterocycles. The molecular weight excluding hydrogens is 410 g/mol. The van der Waals surface area contributed by atoms with Crippen molar-refractivity contribution in [2.24, 2.45) is 11.3 Å². The number of anilines is 2. The van der Waals surface area contributed by atoms with Gasteiger partial charge < -0.3 is 15.1 Å². The van der Waals surface area contributed by atoms with Crippen molar-refractivity contribution < 1.29 is 9.59 Å². The molecule has 1 atom stereocenters. The molecule has 1 unspecified atom stereocenters. The minimum Gasteiger partial charge on any atom is -0.368 e. The number of nitrogens with zero attached hydrogens (tertiary/aromatic N) is 2. The number of carbonyl (C=O) groups excluding carboxylic acids is 2. The molecule has 0 spiro atoms. The Hall–Kier alpha value is -3.08. The van der Waals surface area contributed by atoms with Gasteiger partial charge in [-0.3, -0.25) is 9.59 Å². The van der Waals surface area contributed by atoms with Crippen molar-refractivity contribution in [3.8, 4) is 0 Å². The van der Waals surface area contributed by atoms with Crippen molar-refractivity contribution in [3.05, 3.63) is 66.2 Å². The van der Waals surface area contributed by atoms with Crippen LogP contribution in [0, 0.1) is 11.3 Å². The van der Waals surface area contributed by atoms with Crippen LogP contribution in [0.2, 0.25) is 0 Å². The molecule has 0 saturated carbocycles. The molecule has 0 aromatic heterocycles. The standard InChI is InChI=1S/C28H37N3O2/c1-22(21-28(2,3)4)20-27(33)31-18-16-30(17-19-31)25-13-11-24(12-14-25)29-26(32)15-10-23-8-6-5-7-9-23/h5-15,22H,16-21H2,1-4H3,(H,29,32). The lowest BCUT2D eigenvalue weighted by atomic mass is 9.84. The number of hydrogen-bond acceptors (Lipinski definition) is 3. The molecule has 2 aromatic rings. The van der Waals surface area contributed by atoms with Crippen LogP contribution in [0.3, 0.4) is 0 Å². The van der Waals surface area contributed by atoms with Gasteiger partial charge in [-0.25, -0.2) is 0 Å². The number of piperazine rings is 1. The Morgan fingerprint density at radius 2 is 1.61 bits per heavy atom. The first-order chi connectivity index (χ1) is 15.7. The SMILES string of the molecule is CC(CC(=O)N1CCN(c2ccc(NC(=O)C=Cc3ccccc3)cc2)CC1)CC(C)(C)C. The summed E-state index contributed by atoms with van der Waals surface area (Å²) in [6, 6.07) is 17.7. The molecule has 1 fully saturated rings. The zero-order chi connectivity index (χ0) is 23.8. The summed E-state index contributed by atoms with van der Waals surface area (Å²) in [5, 5.41) is 2.90. The smallest absolute Gasteiger partial charge is 0.248 e. The van der Waals surface area contributed by atoms with E-state index in [1.807, 2.05) is 59.5 Å². The molecule has 3 rings (SSSR count). The van der Waals surface area contributed by atoms with Gasteiger partial charge >= 0.3 is 0 Å². The lowest BCUT2D eigenvalue weighted by Crippen LogP contribution is -2.49. The van der Waals surface area contributed by atoms with E-state index in [1.165, 1.54) is 0 Å². The fraction of sp³-hybridized carbons (Fsp3) is 0.429. The molecule has 2 aromatic carbocycles. The van der Waals surface area contributed by atoms with Gasteiger partial charge in [0.15, 0.2) is 0 Å². The number of nitrogens with one attached hydrogen (secondary N) is 1. The van der Waals surface area contributed by atoms with E-state index in [9.17, 15) is 9.59 Å². The summed E-state index contributed by atoms with van der Waals surface area (Å²) in [7, 11) is 0. The highest BCUT2D eigenvalue weighted by Gasteiger charge is 2.24. The average Bonchev–Trinajstić information content (AvgIpc) is 2.78. The molecule has 176 valence electrons. The summed E-state index contributed by atoms with van der Waals surface area (Å²) in [4.78, 5) is 29.2. The Morgan fingerprint density at radius 3 is 2.21 bits per heavy atom. The number of benzene rings is 2. The fourth-order valence-electron chi connectivity index (χ4n) is 4.43. The van der Waals surface area contributed by atoms with E-state index in [0.29, 0.717) is 12.3 Å². The molecule has 0 radical (unpaired) electrons. The van der Waals surface area contributed by atoms with Crippen molar-refractivity contribution in [1.29, 1.82) is 0 Å². The molecule has 0 bridgehead atoms. The van der Waals surface area contributed by atoms with E-state index in [2.05, 4.69) is 37.9 Å². The molecule has 5 heteroatoms. The van der Waals surface area contributed by atoms with Crippen LogP contribution in [0.1, 0.15) is 46.1 Å². The first-order valence-corrected chi connectivity index (χ1v) is 11.9. The quantitative estimate of drug-likeness (QED) is 0.574. The van der Waals surface area contributed by atoms with Crippen LogP contribution in [-0.2, 0) is 9.59 Å². The highest BCUT2D eigenvalue weighted by Crippen LogP contribution is 2.27. The molecule has 5 nitrogen and oxygen atoms in total. The maximum absolute atomic E-state index is 12.7. The summed E-state index contributed by atoms with van der Waals surface area (Å²) in [5.41, 5.74) is 3.12. The molecule has 1 saturated heterocycles. The minimum atomic E-state index is -0.153. The van der Waals surface area contributed by atoms with Crippen LogP contribution >= 0.6 is 0 Å². The third-order valence-corrected chi connectivity index (χ3v) is 5.84. The zero-order valence-electron chi connectivity index (χ0n) is 20.4. The Labute approximate surface area is 198 Å². The van der Waals surface area contributed by atoms with Gasteiger partial charge in [-0.05, 0) is 53.7 Å². The van der Waals surface area contributed by atoms with Gasteiger partial charge in [0.1, 0.15) is 0 Å². The number of amides is 2. The van der Waals surface area contributed by atoms with Crippen LogP contribution in [0.25, 0.3) is 6.08 Å². The van der Waals surface area contributed by atoms with Gasteiger partial charge in [0.05, 0.1) is 0 Å². The predicted molar refractivity (Wildman–Crippen MR) is 137 cm³/mol. The second-order valence-electron chi connectivity index (χ2n) is 10.2. The van der Waals surface area contributed by atoms with Crippen molar-refractivity contribution >= 4 is 29.3 Å². The summed E-state index contributed by atoms with van der Waals surface area (Å²) < 4.78 is 0. The van der Waals surface area contributed by atoms with Crippen molar-refractivity contribution in [3.63, 3.8) is 0 Å². The van der Waals surface area contributed by atoms with Crippen molar-refractivity contribution in [2.45, 2.75) is 40.5 Å². The third-order valence-electron chi connectivity index (χ3n) is 5.84. The second-order valence-corrected chi connectivity index (χ2v) is 10.2. The molecule has 1 heterocycles. The van der Waals surface area contributed by atoms with Gasteiger partial charge in [-0.1, -0.05) is 58.0 Å². The topological polar surface area (TPSA) is 52.7 Å². The Kier molecular flexibility index (Phi) is 8.32. The first-order valence-electron chi connectivity index (χ1n) is 11.9. The normalized spacial score (nSPS) is 15.5. The van der Waals surface area contributed by atoms with Crippen LogP contribution < -0.4 is 10.2 Å². The number of hydrogen-bond donors (Lipinski definition) is 1. The lowest BCUT2D eigenvalue weighted by Gasteiger charge is -2.37. The third kappa shape index (κ3) is 8.08. The summed E-state index contributed by atoms with van der Waals surface area (Å²) >= 11 is 0. The molecule has 33 heavy (non-hydrogen) atoms. The van der Waals surface area contributed by atoms with Crippen LogP contribution in [-0.4, -0.2) is 42.9 Å².